The molecular formula is C14H21F4NO6P2. The van der Waals surface area contributed by atoms with Gasteiger partial charge < -0.3 is 18.1 Å². The van der Waals surface area contributed by atoms with Gasteiger partial charge in [0.1, 0.15) is 0 Å². The summed E-state index contributed by atoms with van der Waals surface area (Å²) in [7, 11) is -9.36. The molecule has 0 N–H and O–H groups in total. The Morgan fingerprint density at radius 3 is 1.30 bits per heavy atom. The van der Waals surface area contributed by atoms with Crippen LogP contribution in [0.1, 0.15) is 38.7 Å². The summed E-state index contributed by atoms with van der Waals surface area (Å²) in [5.74, 6) is -8.04. The van der Waals surface area contributed by atoms with Gasteiger partial charge in [0, 0.05) is 0 Å². The minimum atomic E-state index is -4.68. The van der Waals surface area contributed by atoms with Gasteiger partial charge in [-0.3, -0.25) is 9.13 Å². The van der Waals surface area contributed by atoms with E-state index in [2.05, 4.69) is 4.98 Å². The molecule has 0 atom stereocenters. The van der Waals surface area contributed by atoms with Crippen LogP contribution in [-0.2, 0) is 27.2 Å². The van der Waals surface area contributed by atoms with Gasteiger partial charge in [0.2, 0.25) is 0 Å². The van der Waals surface area contributed by atoms with E-state index in [9.17, 15) is 26.7 Å². The van der Waals surface area contributed by atoms with Crippen LogP contribution in [0.2, 0.25) is 0 Å². The zero-order chi connectivity index (χ0) is 20.8. The van der Waals surface area contributed by atoms with Crippen molar-refractivity contribution >= 4 is 15.2 Å². The smallest absolute Gasteiger partial charge is 0.308 e. The molecule has 156 valence electrons. The van der Waals surface area contributed by atoms with Gasteiger partial charge in [0.05, 0.1) is 32.0 Å². The van der Waals surface area contributed by atoms with E-state index < -0.39 is 49.7 Å². The van der Waals surface area contributed by atoms with E-state index in [1.807, 2.05) is 0 Å². The van der Waals surface area contributed by atoms with E-state index in [0.29, 0.717) is 0 Å². The topological polar surface area (TPSA) is 84.0 Å². The van der Waals surface area contributed by atoms with Gasteiger partial charge in [-0.25, -0.2) is 8.78 Å². The first-order valence-corrected chi connectivity index (χ1v) is 11.3. The molecule has 27 heavy (non-hydrogen) atoms. The first kappa shape index (κ1) is 24.2. The Kier molecular flexibility index (Phi) is 9.05. The second-order valence-corrected chi connectivity index (χ2v) is 9.49. The van der Waals surface area contributed by atoms with Crippen molar-refractivity contribution in [3.05, 3.63) is 29.1 Å². The second kappa shape index (κ2) is 10.1. The molecule has 0 saturated carbocycles. The van der Waals surface area contributed by atoms with Crippen molar-refractivity contribution in [2.45, 2.75) is 33.1 Å². The number of aromatic nitrogens is 1. The van der Waals surface area contributed by atoms with E-state index in [1.54, 1.807) is 0 Å². The lowest BCUT2D eigenvalue weighted by molar-refractivity contribution is 0.193. The third kappa shape index (κ3) is 5.16. The molecule has 0 aromatic carbocycles. The molecule has 0 aliphatic carbocycles. The number of hydrogen-bond acceptors (Lipinski definition) is 7. The zero-order valence-electron chi connectivity index (χ0n) is 15.2. The average molecular weight is 437 g/mol. The van der Waals surface area contributed by atoms with Crippen LogP contribution >= 0.6 is 15.2 Å². The SMILES string of the molecule is CCOP(=O)(OCC)C(c1c(F)c(F)nc(F)c1F)P(=O)(OCC)OCC. The molecule has 0 aliphatic heterocycles. The van der Waals surface area contributed by atoms with Crippen molar-refractivity contribution in [3.63, 3.8) is 0 Å². The first-order chi connectivity index (χ1) is 12.6. The Morgan fingerprint density at radius 1 is 0.741 bits per heavy atom. The third-order valence-corrected chi connectivity index (χ3v) is 9.01. The van der Waals surface area contributed by atoms with Gasteiger partial charge in [0.25, 0.3) is 11.9 Å². The minimum absolute atomic E-state index is 0.286. The van der Waals surface area contributed by atoms with Crippen molar-refractivity contribution in [1.29, 1.82) is 0 Å². The number of pyridine rings is 1. The van der Waals surface area contributed by atoms with E-state index in [4.69, 9.17) is 18.1 Å². The van der Waals surface area contributed by atoms with Crippen LogP contribution in [0.5, 0.6) is 0 Å². The highest BCUT2D eigenvalue weighted by Gasteiger charge is 2.55. The summed E-state index contributed by atoms with van der Waals surface area (Å²) >= 11 is 0. The van der Waals surface area contributed by atoms with Crippen LogP contribution in [0.25, 0.3) is 0 Å². The van der Waals surface area contributed by atoms with Gasteiger partial charge in [-0.15, -0.1) is 0 Å². The van der Waals surface area contributed by atoms with Crippen molar-refractivity contribution in [2.24, 2.45) is 0 Å². The summed E-state index contributed by atoms with van der Waals surface area (Å²) in [5, 5.41) is -2.41. The summed E-state index contributed by atoms with van der Waals surface area (Å²) < 4.78 is 103. The molecule has 0 fully saturated rings. The molecule has 1 aromatic rings. The van der Waals surface area contributed by atoms with Gasteiger partial charge in [-0.2, -0.15) is 13.8 Å². The molecule has 13 heteroatoms. The van der Waals surface area contributed by atoms with Crippen LogP contribution in [0.3, 0.4) is 0 Å². The normalized spacial score (nSPS) is 12.8. The summed E-state index contributed by atoms with van der Waals surface area (Å²) in [5.41, 5.74) is -1.48. The van der Waals surface area contributed by atoms with Crippen LogP contribution < -0.4 is 0 Å². The Hall–Kier alpha value is -0.830. The van der Waals surface area contributed by atoms with E-state index >= 15 is 0 Å². The molecule has 0 amide bonds. The van der Waals surface area contributed by atoms with Gasteiger partial charge >= 0.3 is 15.2 Å². The van der Waals surface area contributed by atoms with Crippen LogP contribution in [-0.4, -0.2) is 31.4 Å². The lowest BCUT2D eigenvalue weighted by atomic mass is 10.2. The maximum atomic E-state index is 14.4. The molecule has 0 spiro atoms. The number of hydrogen-bond donors (Lipinski definition) is 0. The van der Waals surface area contributed by atoms with E-state index in [-0.39, 0.29) is 26.4 Å². The third-order valence-electron chi connectivity index (χ3n) is 3.12. The van der Waals surface area contributed by atoms with Crippen LogP contribution in [0.15, 0.2) is 0 Å². The van der Waals surface area contributed by atoms with Crippen molar-refractivity contribution in [2.75, 3.05) is 26.4 Å². The number of rotatable bonds is 11. The molecule has 7 nitrogen and oxygen atoms in total. The van der Waals surface area contributed by atoms with Gasteiger partial charge in [-0.1, -0.05) is 0 Å². The second-order valence-electron chi connectivity index (χ2n) is 4.86. The Morgan fingerprint density at radius 2 is 1.04 bits per heavy atom. The quantitative estimate of drug-likeness (QED) is 0.268. The van der Waals surface area contributed by atoms with Crippen molar-refractivity contribution < 1.29 is 44.8 Å². The number of halogens is 4. The summed E-state index contributed by atoms with van der Waals surface area (Å²) in [4.78, 5) is 2.44. The monoisotopic (exact) mass is 437 g/mol. The van der Waals surface area contributed by atoms with Crippen LogP contribution in [0, 0.1) is 23.5 Å². The predicted molar refractivity (Wildman–Crippen MR) is 88.5 cm³/mol. The first-order valence-electron chi connectivity index (χ1n) is 8.09. The summed E-state index contributed by atoms with van der Waals surface area (Å²) in [6.07, 6.45) is 0. The Labute approximate surface area is 154 Å². The molecule has 0 bridgehead atoms. The molecule has 0 saturated heterocycles. The highest BCUT2D eigenvalue weighted by molar-refractivity contribution is 7.72. The average Bonchev–Trinajstić information content (AvgIpc) is 2.57. The van der Waals surface area contributed by atoms with E-state index in [1.165, 1.54) is 27.7 Å². The lowest BCUT2D eigenvalue weighted by Crippen LogP contribution is -2.17. The van der Waals surface area contributed by atoms with Crippen LogP contribution in [0.4, 0.5) is 17.6 Å². The standard InChI is InChI=1S/C14H21F4NO6P2/c1-5-22-26(20,23-6-2)14(27(21,24-7-3)25-8-4)9-10(15)12(17)19-13(18)11(9)16/h14H,5-8H2,1-4H3. The minimum Gasteiger partial charge on any atom is -0.308 e. The summed E-state index contributed by atoms with van der Waals surface area (Å²) in [6.45, 7) is 4.39. The Bertz CT molecular complexity index is 675. The molecule has 0 aliphatic rings. The van der Waals surface area contributed by atoms with Gasteiger partial charge in [-0.05, 0) is 27.7 Å². The summed E-state index contributed by atoms with van der Waals surface area (Å²) in [6, 6.07) is 0. The highest BCUT2D eigenvalue weighted by atomic mass is 31.2. The van der Waals surface area contributed by atoms with Crippen molar-refractivity contribution in [1.82, 2.24) is 4.98 Å². The largest absolute Gasteiger partial charge is 0.350 e. The molecule has 1 heterocycles. The predicted octanol–water partition coefficient (Wildman–Crippen LogP) is 5.17. The molecule has 0 radical (unpaired) electrons. The molecule has 1 aromatic heterocycles. The lowest BCUT2D eigenvalue weighted by Gasteiger charge is -2.31. The van der Waals surface area contributed by atoms with Gasteiger partial charge in [0.15, 0.2) is 17.0 Å². The Balaban J connectivity index is 3.91. The van der Waals surface area contributed by atoms with E-state index in [0.717, 1.165) is 0 Å². The van der Waals surface area contributed by atoms with Crippen molar-refractivity contribution in [3.8, 4) is 0 Å². The fourth-order valence-corrected chi connectivity index (χ4v) is 7.72. The number of nitrogens with zero attached hydrogens (tertiary/aromatic N) is 1. The molecule has 1 rings (SSSR count). The molecule has 0 unspecified atom stereocenters. The fraction of sp³-hybridized carbons (Fsp3) is 0.643. The zero-order valence-corrected chi connectivity index (χ0v) is 17.0. The fourth-order valence-electron chi connectivity index (χ4n) is 2.30. The maximum absolute atomic E-state index is 14.4. The highest BCUT2D eigenvalue weighted by Crippen LogP contribution is 2.79. The maximum Gasteiger partial charge on any atom is 0.350 e. The molecular weight excluding hydrogens is 416 g/mol.